The Morgan fingerprint density at radius 2 is 2.04 bits per heavy atom. The summed E-state index contributed by atoms with van der Waals surface area (Å²) in [5.74, 6) is 1.35. The van der Waals surface area contributed by atoms with Gasteiger partial charge in [-0.3, -0.25) is 4.79 Å². The smallest absolute Gasteiger partial charge is 0.283 e. The molecule has 27 heavy (non-hydrogen) atoms. The van der Waals surface area contributed by atoms with Crippen LogP contribution in [-0.4, -0.2) is 29.2 Å². The lowest BCUT2D eigenvalue weighted by Gasteiger charge is -2.17. The van der Waals surface area contributed by atoms with E-state index in [1.807, 2.05) is 32.0 Å². The van der Waals surface area contributed by atoms with Crippen molar-refractivity contribution in [2.45, 2.75) is 33.7 Å². The Labute approximate surface area is 158 Å². The molecule has 0 aliphatic carbocycles. The van der Waals surface area contributed by atoms with Gasteiger partial charge in [-0.25, -0.2) is 0 Å². The summed E-state index contributed by atoms with van der Waals surface area (Å²) in [5.41, 5.74) is 3.10. The van der Waals surface area contributed by atoms with Crippen LogP contribution < -0.4 is 10.2 Å². The molecule has 2 aromatic heterocycles. The van der Waals surface area contributed by atoms with Gasteiger partial charge in [-0.2, -0.15) is 0 Å². The van der Waals surface area contributed by atoms with Crippen molar-refractivity contribution in [3.05, 3.63) is 53.6 Å². The highest BCUT2D eigenvalue weighted by atomic mass is 16.4. The third-order valence-electron chi connectivity index (χ3n) is 4.49. The average Bonchev–Trinajstić information content (AvgIpc) is 3.30. The van der Waals surface area contributed by atoms with Crippen molar-refractivity contribution >= 4 is 11.6 Å². The minimum Gasteiger partial charge on any atom is -0.459 e. The fraction of sp³-hybridized carbons (Fsp3) is 0.350. The number of aryl methyl sites for hydroxylation is 1. The minimum absolute atomic E-state index is 0.0297. The van der Waals surface area contributed by atoms with Gasteiger partial charge in [0.25, 0.3) is 17.7 Å². The zero-order valence-electron chi connectivity index (χ0n) is 15.9. The number of hydrogen-bond donors (Lipinski definition) is 2. The third kappa shape index (κ3) is 4.83. The molecule has 1 atom stereocenters. The molecule has 0 fully saturated rings. The van der Waals surface area contributed by atoms with E-state index in [2.05, 4.69) is 22.4 Å². The molecule has 0 radical (unpaired) electrons. The first-order valence-corrected chi connectivity index (χ1v) is 9.12. The molecule has 3 rings (SSSR count). The maximum absolute atomic E-state index is 12.5. The number of anilines is 1. The summed E-state index contributed by atoms with van der Waals surface area (Å²) < 4.78 is 10.9. The Morgan fingerprint density at radius 3 is 2.78 bits per heavy atom. The third-order valence-corrected chi connectivity index (χ3v) is 4.49. The van der Waals surface area contributed by atoms with Gasteiger partial charge in [0.1, 0.15) is 0 Å². The molecule has 1 unspecified atom stereocenters. The Bertz CT molecular complexity index is 887. The lowest BCUT2D eigenvalue weighted by molar-refractivity contribution is -0.907. The van der Waals surface area contributed by atoms with Gasteiger partial charge in [0, 0.05) is 5.69 Å². The quantitative estimate of drug-likeness (QED) is 0.637. The van der Waals surface area contributed by atoms with E-state index in [0.717, 1.165) is 34.7 Å². The van der Waals surface area contributed by atoms with E-state index in [4.69, 9.17) is 8.83 Å². The molecule has 3 aromatic rings. The van der Waals surface area contributed by atoms with Gasteiger partial charge in [0.05, 0.1) is 12.8 Å². The van der Waals surface area contributed by atoms with Gasteiger partial charge in [0.2, 0.25) is 0 Å². The van der Waals surface area contributed by atoms with Crippen LogP contribution in [0.25, 0.3) is 11.7 Å². The first kappa shape index (κ1) is 18.8. The zero-order chi connectivity index (χ0) is 19.2. The first-order valence-electron chi connectivity index (χ1n) is 9.12. The van der Waals surface area contributed by atoms with Crippen LogP contribution in [0.4, 0.5) is 5.69 Å². The molecule has 2 heterocycles. The second-order valence-electron chi connectivity index (χ2n) is 6.63. The predicted molar refractivity (Wildman–Crippen MR) is 101 cm³/mol. The first-order chi connectivity index (χ1) is 13.1. The summed E-state index contributed by atoms with van der Waals surface area (Å²) in [6.45, 7) is 7.78. The normalized spacial score (nSPS) is 12.1. The number of carbonyl (C=O) groups is 1. The standard InChI is InChI=1S/C20H24N4O3/c1-4-10-24(12-18(25)21-16-8-5-7-14(2)15(16)3)13-19-22-23-20(27-19)17-9-6-11-26-17/h5-9,11H,4,10,12-13H2,1-3H3,(H,21,25)/p+1. The number of benzene rings is 1. The molecule has 0 aliphatic rings. The number of aromatic nitrogens is 2. The van der Waals surface area contributed by atoms with Crippen LogP contribution in [0.2, 0.25) is 0 Å². The number of rotatable bonds is 8. The van der Waals surface area contributed by atoms with Crippen molar-refractivity contribution in [1.29, 1.82) is 0 Å². The van der Waals surface area contributed by atoms with Gasteiger partial charge in [-0.1, -0.05) is 19.1 Å². The van der Waals surface area contributed by atoms with Crippen molar-refractivity contribution in [2.75, 3.05) is 18.4 Å². The molecule has 1 amide bonds. The molecule has 0 saturated heterocycles. The summed E-state index contributed by atoms with van der Waals surface area (Å²) in [6.07, 6.45) is 2.51. The van der Waals surface area contributed by atoms with E-state index >= 15 is 0 Å². The summed E-state index contributed by atoms with van der Waals surface area (Å²) in [6, 6.07) is 9.44. The van der Waals surface area contributed by atoms with E-state index in [1.54, 1.807) is 18.4 Å². The van der Waals surface area contributed by atoms with Gasteiger partial charge < -0.3 is 19.1 Å². The fourth-order valence-electron chi connectivity index (χ4n) is 2.94. The van der Waals surface area contributed by atoms with Gasteiger partial charge >= 0.3 is 0 Å². The molecule has 1 aromatic carbocycles. The number of amides is 1. The number of nitrogens with one attached hydrogen (secondary N) is 2. The molecule has 7 heteroatoms. The number of quaternary nitrogens is 1. The van der Waals surface area contributed by atoms with E-state index in [-0.39, 0.29) is 5.91 Å². The van der Waals surface area contributed by atoms with E-state index in [1.165, 1.54) is 0 Å². The number of carbonyl (C=O) groups excluding carboxylic acids is 1. The van der Waals surface area contributed by atoms with E-state index in [0.29, 0.717) is 30.6 Å². The Kier molecular flexibility index (Phi) is 6.03. The molecule has 7 nitrogen and oxygen atoms in total. The topological polar surface area (TPSA) is 85.6 Å². The Hall–Kier alpha value is -2.93. The number of nitrogens with zero attached hydrogens (tertiary/aromatic N) is 2. The lowest BCUT2D eigenvalue weighted by atomic mass is 10.1. The molecule has 142 valence electrons. The second-order valence-corrected chi connectivity index (χ2v) is 6.63. The highest BCUT2D eigenvalue weighted by Gasteiger charge is 2.19. The summed E-state index contributed by atoms with van der Waals surface area (Å²) in [4.78, 5) is 13.6. The highest BCUT2D eigenvalue weighted by Crippen LogP contribution is 2.18. The second kappa shape index (κ2) is 8.64. The van der Waals surface area contributed by atoms with Crippen LogP contribution in [0.15, 0.2) is 45.4 Å². The fourth-order valence-corrected chi connectivity index (χ4v) is 2.94. The number of furan rings is 1. The van der Waals surface area contributed by atoms with Crippen molar-refractivity contribution in [1.82, 2.24) is 10.2 Å². The number of hydrogen-bond acceptors (Lipinski definition) is 5. The molecular formula is C20H25N4O3+. The molecular weight excluding hydrogens is 344 g/mol. The van der Waals surface area contributed by atoms with E-state index in [9.17, 15) is 4.79 Å². The van der Waals surface area contributed by atoms with Gasteiger partial charge in [-0.15, -0.1) is 10.2 Å². The summed E-state index contributed by atoms with van der Waals surface area (Å²) in [5, 5.41) is 11.1. The summed E-state index contributed by atoms with van der Waals surface area (Å²) in [7, 11) is 0. The van der Waals surface area contributed by atoms with Crippen LogP contribution in [0.1, 0.15) is 30.4 Å². The van der Waals surface area contributed by atoms with Gasteiger partial charge in [-0.05, 0) is 49.6 Å². The molecule has 0 saturated carbocycles. The summed E-state index contributed by atoms with van der Waals surface area (Å²) >= 11 is 0. The van der Waals surface area contributed by atoms with Crippen LogP contribution in [0, 0.1) is 13.8 Å². The highest BCUT2D eigenvalue weighted by molar-refractivity contribution is 5.92. The maximum Gasteiger partial charge on any atom is 0.283 e. The molecule has 0 bridgehead atoms. The average molecular weight is 369 g/mol. The van der Waals surface area contributed by atoms with E-state index < -0.39 is 0 Å². The largest absolute Gasteiger partial charge is 0.459 e. The maximum atomic E-state index is 12.5. The Morgan fingerprint density at radius 1 is 1.19 bits per heavy atom. The Balaban J connectivity index is 1.63. The minimum atomic E-state index is -0.0297. The van der Waals surface area contributed by atoms with Crippen LogP contribution >= 0.6 is 0 Å². The van der Waals surface area contributed by atoms with Crippen molar-refractivity contribution in [3.63, 3.8) is 0 Å². The molecule has 2 N–H and O–H groups in total. The van der Waals surface area contributed by atoms with Crippen LogP contribution in [-0.2, 0) is 11.3 Å². The molecule has 0 aliphatic heterocycles. The van der Waals surface area contributed by atoms with Crippen molar-refractivity contribution in [2.24, 2.45) is 0 Å². The van der Waals surface area contributed by atoms with Crippen molar-refractivity contribution < 1.29 is 18.5 Å². The van der Waals surface area contributed by atoms with Crippen LogP contribution in [0.3, 0.4) is 0 Å². The predicted octanol–water partition coefficient (Wildman–Crippen LogP) is 2.38. The molecule has 0 spiro atoms. The monoisotopic (exact) mass is 369 g/mol. The zero-order valence-corrected chi connectivity index (χ0v) is 15.9. The van der Waals surface area contributed by atoms with Crippen molar-refractivity contribution in [3.8, 4) is 11.7 Å². The van der Waals surface area contributed by atoms with Crippen LogP contribution in [0.5, 0.6) is 0 Å². The lowest BCUT2D eigenvalue weighted by Crippen LogP contribution is -3.11. The SMILES string of the molecule is CCC[NH+](CC(=O)Nc1cccc(C)c1C)Cc1nnc(-c2ccco2)o1. The van der Waals surface area contributed by atoms with Gasteiger partial charge in [0.15, 0.2) is 18.8 Å².